The van der Waals surface area contributed by atoms with E-state index in [0.29, 0.717) is 6.42 Å². The van der Waals surface area contributed by atoms with Gasteiger partial charge in [0.2, 0.25) is 5.91 Å². The van der Waals surface area contributed by atoms with Crippen LogP contribution in [-0.2, 0) is 16.0 Å². The quantitative estimate of drug-likeness (QED) is 0.658. The molecule has 0 aromatic heterocycles. The molecule has 1 aromatic rings. The van der Waals surface area contributed by atoms with Gasteiger partial charge in [-0.25, -0.2) is 5.43 Å². The van der Waals surface area contributed by atoms with Crippen molar-refractivity contribution in [2.75, 3.05) is 5.75 Å². The summed E-state index contributed by atoms with van der Waals surface area (Å²) in [5.41, 5.74) is 7.85. The molecule has 0 spiro atoms. The van der Waals surface area contributed by atoms with Crippen LogP contribution in [0.1, 0.15) is 25.8 Å². The number of rotatable bonds is 4. The molecule has 1 aliphatic rings. The van der Waals surface area contributed by atoms with Crippen LogP contribution in [0.2, 0.25) is 0 Å². The van der Waals surface area contributed by atoms with Crippen LogP contribution in [-0.4, -0.2) is 22.3 Å². The van der Waals surface area contributed by atoms with E-state index in [1.807, 2.05) is 38.1 Å². The topological polar surface area (TPSA) is 64.2 Å². The minimum atomic E-state index is -1.14. The van der Waals surface area contributed by atoms with Crippen LogP contribution < -0.4 is 10.9 Å². The normalized spacial score (nSPS) is 23.5. The third kappa shape index (κ3) is 4.14. The number of allylic oxidation sites excluding steroid dienone is 1. The van der Waals surface area contributed by atoms with Crippen LogP contribution in [0.25, 0.3) is 5.57 Å². The Kier molecular flexibility index (Phi) is 5.67. The molecule has 1 saturated heterocycles. The molecule has 3 atom stereocenters. The first kappa shape index (κ1) is 16.6. The van der Waals surface area contributed by atoms with Crippen molar-refractivity contribution in [3.63, 3.8) is 0 Å². The molecular weight excluding hydrogens is 296 g/mol. The van der Waals surface area contributed by atoms with Gasteiger partial charge in [-0.15, -0.1) is 6.42 Å². The van der Waals surface area contributed by atoms with Gasteiger partial charge in [0.15, 0.2) is 10.6 Å². The minimum Gasteiger partial charge on any atom is -0.611 e. The molecule has 0 radical (unpaired) electrons. The summed E-state index contributed by atoms with van der Waals surface area (Å²) in [5, 5.41) is 0. The summed E-state index contributed by atoms with van der Waals surface area (Å²) in [5.74, 6) is 2.91. The minimum absolute atomic E-state index is 0.0233. The summed E-state index contributed by atoms with van der Waals surface area (Å²) in [7, 11) is 0. The largest absolute Gasteiger partial charge is 0.611 e. The zero-order valence-electron chi connectivity index (χ0n) is 12.8. The number of amides is 1. The molecule has 1 heterocycles. The Morgan fingerprint density at radius 1 is 1.50 bits per heavy atom. The number of benzene rings is 1. The lowest BCUT2D eigenvalue weighted by atomic mass is 9.93. The Balaban J connectivity index is 2.09. The van der Waals surface area contributed by atoms with Crippen molar-refractivity contribution >= 4 is 22.7 Å². The van der Waals surface area contributed by atoms with Crippen LogP contribution in [0.3, 0.4) is 0 Å². The van der Waals surface area contributed by atoms with Crippen molar-refractivity contribution in [3.8, 4) is 12.3 Å². The highest BCUT2D eigenvalue weighted by molar-refractivity contribution is 7.91. The number of terminal acetylenes is 1. The Labute approximate surface area is 134 Å². The van der Waals surface area contributed by atoms with Gasteiger partial charge in [0, 0.05) is 12.5 Å². The predicted molar refractivity (Wildman–Crippen MR) is 89.0 cm³/mol. The van der Waals surface area contributed by atoms with Gasteiger partial charge in [-0.3, -0.25) is 10.2 Å². The SMILES string of the molecule is C#CC[S+]([O-])c1ccc(/C(C)=C/C2NNC(=O)CC2C)cc1. The fourth-order valence-corrected chi connectivity index (χ4v) is 3.13. The highest BCUT2D eigenvalue weighted by Gasteiger charge is 2.23. The van der Waals surface area contributed by atoms with Crippen molar-refractivity contribution in [1.29, 1.82) is 0 Å². The smallest absolute Gasteiger partial charge is 0.234 e. The molecule has 3 unspecified atom stereocenters. The highest BCUT2D eigenvalue weighted by atomic mass is 32.2. The number of nitrogens with one attached hydrogen (secondary N) is 2. The summed E-state index contributed by atoms with van der Waals surface area (Å²) in [4.78, 5) is 12.0. The van der Waals surface area contributed by atoms with E-state index >= 15 is 0 Å². The Morgan fingerprint density at radius 2 is 2.18 bits per heavy atom. The summed E-state index contributed by atoms with van der Waals surface area (Å²) >= 11 is -1.14. The van der Waals surface area contributed by atoms with Gasteiger partial charge in [-0.1, -0.05) is 18.9 Å². The van der Waals surface area contributed by atoms with E-state index in [1.165, 1.54) is 0 Å². The molecule has 1 amide bonds. The van der Waals surface area contributed by atoms with Gasteiger partial charge in [0.05, 0.1) is 0 Å². The van der Waals surface area contributed by atoms with Crippen LogP contribution in [0.15, 0.2) is 35.2 Å². The second-order valence-corrected chi connectivity index (χ2v) is 6.92. The second kappa shape index (κ2) is 7.50. The van der Waals surface area contributed by atoms with E-state index in [2.05, 4.69) is 22.8 Å². The monoisotopic (exact) mass is 316 g/mol. The molecule has 116 valence electrons. The molecule has 4 nitrogen and oxygen atoms in total. The third-order valence-electron chi connectivity index (χ3n) is 3.72. The number of carbonyl (C=O) groups is 1. The van der Waals surface area contributed by atoms with E-state index in [9.17, 15) is 9.35 Å². The van der Waals surface area contributed by atoms with Gasteiger partial charge in [-0.2, -0.15) is 0 Å². The number of hydrogen-bond donors (Lipinski definition) is 2. The Hall–Kier alpha value is -1.74. The van der Waals surface area contributed by atoms with Crippen molar-refractivity contribution in [1.82, 2.24) is 10.9 Å². The van der Waals surface area contributed by atoms with Crippen LogP contribution in [0.4, 0.5) is 0 Å². The molecule has 0 bridgehead atoms. The van der Waals surface area contributed by atoms with Crippen molar-refractivity contribution in [2.24, 2.45) is 5.92 Å². The van der Waals surface area contributed by atoms with Gasteiger partial charge >= 0.3 is 0 Å². The number of hydrogen-bond acceptors (Lipinski definition) is 3. The third-order valence-corrected chi connectivity index (χ3v) is 4.94. The van der Waals surface area contributed by atoms with Crippen molar-refractivity contribution in [3.05, 3.63) is 35.9 Å². The number of carbonyl (C=O) groups excluding carboxylic acids is 1. The zero-order chi connectivity index (χ0) is 16.1. The molecule has 5 heteroatoms. The molecule has 0 saturated carbocycles. The second-order valence-electron chi connectivity index (χ2n) is 5.47. The first-order valence-electron chi connectivity index (χ1n) is 7.16. The lowest BCUT2D eigenvalue weighted by Gasteiger charge is -2.28. The Bertz CT molecular complexity index is 604. The number of hydrazine groups is 1. The van der Waals surface area contributed by atoms with Crippen LogP contribution in [0, 0.1) is 18.3 Å². The molecule has 22 heavy (non-hydrogen) atoms. The first-order valence-corrected chi connectivity index (χ1v) is 8.48. The summed E-state index contributed by atoms with van der Waals surface area (Å²) in [6.07, 6.45) is 7.81. The Morgan fingerprint density at radius 3 is 2.77 bits per heavy atom. The van der Waals surface area contributed by atoms with E-state index in [0.717, 1.165) is 16.0 Å². The summed E-state index contributed by atoms with van der Waals surface area (Å²) in [6, 6.07) is 7.69. The fraction of sp³-hybridized carbons (Fsp3) is 0.353. The van der Waals surface area contributed by atoms with Crippen LogP contribution in [0.5, 0.6) is 0 Å². The molecule has 1 aliphatic heterocycles. The fourth-order valence-electron chi connectivity index (χ4n) is 2.38. The average Bonchev–Trinajstić information content (AvgIpc) is 2.50. The van der Waals surface area contributed by atoms with Crippen molar-refractivity contribution in [2.45, 2.75) is 31.2 Å². The molecule has 2 rings (SSSR count). The summed E-state index contributed by atoms with van der Waals surface area (Å²) < 4.78 is 11.8. The van der Waals surface area contributed by atoms with Gasteiger partial charge in [0.25, 0.3) is 0 Å². The maximum Gasteiger partial charge on any atom is 0.234 e. The van der Waals surface area contributed by atoms with Crippen molar-refractivity contribution < 1.29 is 9.35 Å². The molecule has 1 fully saturated rings. The maximum absolute atomic E-state index is 11.8. The molecular formula is C17H20N2O2S. The van der Waals surface area contributed by atoms with Gasteiger partial charge in [0.1, 0.15) is 0 Å². The lowest BCUT2D eigenvalue weighted by Crippen LogP contribution is -2.52. The van der Waals surface area contributed by atoms with E-state index in [1.54, 1.807) is 0 Å². The molecule has 0 aliphatic carbocycles. The van der Waals surface area contributed by atoms with Gasteiger partial charge in [-0.05, 0) is 59.4 Å². The molecule has 1 aromatic carbocycles. The average molecular weight is 316 g/mol. The first-order chi connectivity index (χ1) is 10.5. The standard InChI is InChI=1S/C17H20N2O2S/c1-4-9-22(21)15-7-5-14(6-8-15)12(2)10-16-13(3)11-17(20)19-18-16/h1,5-8,10,13,16,18H,9,11H2,2-3H3,(H,19,20)/b12-10+. The highest BCUT2D eigenvalue weighted by Crippen LogP contribution is 2.21. The van der Waals surface area contributed by atoms with E-state index in [-0.39, 0.29) is 23.6 Å². The molecule has 2 N–H and O–H groups in total. The predicted octanol–water partition coefficient (Wildman–Crippen LogP) is 1.86. The lowest BCUT2D eigenvalue weighted by molar-refractivity contribution is -0.125. The zero-order valence-corrected chi connectivity index (χ0v) is 13.6. The summed E-state index contributed by atoms with van der Waals surface area (Å²) in [6.45, 7) is 4.07. The van der Waals surface area contributed by atoms with Gasteiger partial charge < -0.3 is 4.55 Å². The van der Waals surface area contributed by atoms with Crippen LogP contribution >= 0.6 is 0 Å². The van der Waals surface area contributed by atoms with E-state index in [4.69, 9.17) is 6.42 Å². The maximum atomic E-state index is 11.8. The van der Waals surface area contributed by atoms with E-state index < -0.39 is 11.2 Å².